The third kappa shape index (κ3) is 4.51. The molecule has 0 aliphatic rings. The molecule has 0 radical (unpaired) electrons. The van der Waals surface area contributed by atoms with Crippen LogP contribution in [0.3, 0.4) is 0 Å². The first-order valence-corrected chi connectivity index (χ1v) is 8.09. The summed E-state index contributed by atoms with van der Waals surface area (Å²) in [5.74, 6) is 1.25. The quantitative estimate of drug-likeness (QED) is 0.874. The lowest BCUT2D eigenvalue weighted by Gasteiger charge is -2.20. The lowest BCUT2D eigenvalue weighted by Crippen LogP contribution is -2.37. The predicted octanol–water partition coefficient (Wildman–Crippen LogP) is 3.96. The molecule has 0 aliphatic heterocycles. The van der Waals surface area contributed by atoms with Crippen LogP contribution in [0.1, 0.15) is 36.6 Å². The number of amides is 1. The van der Waals surface area contributed by atoms with Gasteiger partial charge in [0.15, 0.2) is 6.10 Å². The molecule has 2 atom stereocenters. The maximum atomic E-state index is 12.4. The van der Waals surface area contributed by atoms with E-state index in [1.54, 1.807) is 38.3 Å². The highest BCUT2D eigenvalue weighted by Crippen LogP contribution is 2.20. The third-order valence-electron chi connectivity index (χ3n) is 3.99. The van der Waals surface area contributed by atoms with Gasteiger partial charge < -0.3 is 14.8 Å². The van der Waals surface area contributed by atoms with Crippen LogP contribution in [-0.2, 0) is 4.79 Å². The van der Waals surface area contributed by atoms with E-state index in [2.05, 4.69) is 37.4 Å². The zero-order chi connectivity index (χ0) is 17.7. The van der Waals surface area contributed by atoms with E-state index in [-0.39, 0.29) is 11.9 Å². The summed E-state index contributed by atoms with van der Waals surface area (Å²) in [4.78, 5) is 12.4. The fourth-order valence-electron chi connectivity index (χ4n) is 2.63. The minimum atomic E-state index is -0.577. The summed E-state index contributed by atoms with van der Waals surface area (Å²) < 4.78 is 10.8. The molecule has 0 bridgehead atoms. The van der Waals surface area contributed by atoms with E-state index in [0.29, 0.717) is 5.75 Å². The van der Waals surface area contributed by atoms with Crippen molar-refractivity contribution in [3.8, 4) is 11.5 Å². The van der Waals surface area contributed by atoms with Gasteiger partial charge in [-0.15, -0.1) is 0 Å². The molecule has 2 unspecified atom stereocenters. The Balaban J connectivity index is 1.97. The van der Waals surface area contributed by atoms with Gasteiger partial charge in [-0.2, -0.15) is 0 Å². The van der Waals surface area contributed by atoms with Crippen LogP contribution in [0.2, 0.25) is 0 Å². The average molecular weight is 327 g/mol. The second kappa shape index (κ2) is 7.86. The summed E-state index contributed by atoms with van der Waals surface area (Å²) in [6, 6.07) is 13.4. The maximum absolute atomic E-state index is 12.4. The third-order valence-corrected chi connectivity index (χ3v) is 3.99. The number of hydrogen-bond donors (Lipinski definition) is 1. The van der Waals surface area contributed by atoms with Crippen molar-refractivity contribution >= 4 is 5.91 Å². The first-order valence-electron chi connectivity index (χ1n) is 8.09. The van der Waals surface area contributed by atoms with Crippen LogP contribution in [0.25, 0.3) is 0 Å². The summed E-state index contributed by atoms with van der Waals surface area (Å²) in [5.41, 5.74) is 3.50. The molecule has 0 spiro atoms. The van der Waals surface area contributed by atoms with Crippen molar-refractivity contribution in [1.29, 1.82) is 0 Å². The second-order valence-electron chi connectivity index (χ2n) is 6.03. The first kappa shape index (κ1) is 17.9. The molecule has 0 aliphatic carbocycles. The van der Waals surface area contributed by atoms with Crippen molar-refractivity contribution in [2.24, 2.45) is 0 Å². The van der Waals surface area contributed by atoms with Crippen molar-refractivity contribution in [3.63, 3.8) is 0 Å². The molecule has 0 heterocycles. The van der Waals surface area contributed by atoms with Crippen LogP contribution in [-0.4, -0.2) is 19.1 Å². The van der Waals surface area contributed by atoms with E-state index < -0.39 is 6.10 Å². The Labute approximate surface area is 143 Å². The Kier molecular flexibility index (Phi) is 5.85. The van der Waals surface area contributed by atoms with E-state index in [0.717, 1.165) is 11.3 Å². The molecule has 2 aromatic rings. The Morgan fingerprint density at radius 2 is 1.62 bits per heavy atom. The zero-order valence-corrected chi connectivity index (χ0v) is 14.9. The number of methoxy groups -OCH3 is 1. The van der Waals surface area contributed by atoms with Crippen LogP contribution in [0.4, 0.5) is 0 Å². The summed E-state index contributed by atoms with van der Waals surface area (Å²) in [6.45, 7) is 7.84. The molecule has 1 amide bonds. The van der Waals surface area contributed by atoms with Gasteiger partial charge in [0, 0.05) is 0 Å². The Hall–Kier alpha value is -2.49. The molecule has 0 fully saturated rings. The minimum Gasteiger partial charge on any atom is -0.497 e. The number of carbonyl (C=O) groups is 1. The minimum absolute atomic E-state index is 0.0694. The standard InChI is InChI=1S/C20H25NO3/c1-13-6-11-19(14(2)12-13)15(3)21-20(22)16(4)24-18-9-7-17(23-5)8-10-18/h6-12,15-16H,1-5H3,(H,21,22). The van der Waals surface area contributed by atoms with E-state index >= 15 is 0 Å². The van der Waals surface area contributed by atoms with Crippen molar-refractivity contribution in [2.45, 2.75) is 39.8 Å². The number of benzene rings is 2. The van der Waals surface area contributed by atoms with Gasteiger partial charge in [-0.05, 0) is 63.1 Å². The fraction of sp³-hybridized carbons (Fsp3) is 0.350. The monoisotopic (exact) mass is 327 g/mol. The van der Waals surface area contributed by atoms with Crippen LogP contribution in [0, 0.1) is 13.8 Å². The van der Waals surface area contributed by atoms with E-state index in [4.69, 9.17) is 9.47 Å². The van der Waals surface area contributed by atoms with Crippen LogP contribution >= 0.6 is 0 Å². The Morgan fingerprint density at radius 1 is 1.00 bits per heavy atom. The van der Waals surface area contributed by atoms with Crippen molar-refractivity contribution in [2.75, 3.05) is 7.11 Å². The molecule has 2 rings (SSSR count). The molecule has 0 aromatic heterocycles. The molecular weight excluding hydrogens is 302 g/mol. The smallest absolute Gasteiger partial charge is 0.261 e. The molecule has 1 N–H and O–H groups in total. The molecule has 2 aromatic carbocycles. The van der Waals surface area contributed by atoms with Gasteiger partial charge in [-0.25, -0.2) is 0 Å². The highest BCUT2D eigenvalue weighted by Gasteiger charge is 2.18. The summed E-state index contributed by atoms with van der Waals surface area (Å²) in [7, 11) is 1.61. The first-order chi connectivity index (χ1) is 11.4. The van der Waals surface area contributed by atoms with Gasteiger partial charge in [0.2, 0.25) is 0 Å². The topological polar surface area (TPSA) is 47.6 Å². The van der Waals surface area contributed by atoms with Gasteiger partial charge in [0.05, 0.1) is 13.2 Å². The van der Waals surface area contributed by atoms with E-state index in [9.17, 15) is 4.79 Å². The van der Waals surface area contributed by atoms with Crippen LogP contribution in [0.5, 0.6) is 11.5 Å². The fourth-order valence-corrected chi connectivity index (χ4v) is 2.63. The summed E-state index contributed by atoms with van der Waals surface area (Å²) >= 11 is 0. The predicted molar refractivity (Wildman–Crippen MR) is 95.6 cm³/mol. The molecule has 4 heteroatoms. The van der Waals surface area contributed by atoms with Gasteiger partial charge in [-0.3, -0.25) is 4.79 Å². The molecule has 4 nitrogen and oxygen atoms in total. The maximum Gasteiger partial charge on any atom is 0.261 e. The summed E-state index contributed by atoms with van der Waals surface area (Å²) in [5, 5.41) is 3.01. The van der Waals surface area contributed by atoms with Gasteiger partial charge in [-0.1, -0.05) is 23.8 Å². The van der Waals surface area contributed by atoms with Crippen LogP contribution in [0.15, 0.2) is 42.5 Å². The number of carbonyl (C=O) groups excluding carboxylic acids is 1. The van der Waals surface area contributed by atoms with E-state index in [1.165, 1.54) is 11.1 Å². The Morgan fingerprint density at radius 3 is 2.21 bits per heavy atom. The molecule has 0 saturated heterocycles. The second-order valence-corrected chi connectivity index (χ2v) is 6.03. The molecule has 24 heavy (non-hydrogen) atoms. The van der Waals surface area contributed by atoms with Crippen molar-refractivity contribution in [3.05, 3.63) is 59.2 Å². The Bertz CT molecular complexity index is 695. The number of nitrogens with one attached hydrogen (secondary N) is 1. The van der Waals surface area contributed by atoms with E-state index in [1.807, 2.05) is 6.92 Å². The van der Waals surface area contributed by atoms with Gasteiger partial charge in [0.25, 0.3) is 5.91 Å². The SMILES string of the molecule is COc1ccc(OC(C)C(=O)NC(C)c2ccc(C)cc2C)cc1. The molecule has 128 valence electrons. The number of aryl methyl sites for hydroxylation is 2. The zero-order valence-electron chi connectivity index (χ0n) is 14.9. The van der Waals surface area contributed by atoms with Crippen molar-refractivity contribution < 1.29 is 14.3 Å². The molecular formula is C20H25NO3. The average Bonchev–Trinajstić information content (AvgIpc) is 2.55. The molecule has 0 saturated carbocycles. The van der Waals surface area contributed by atoms with Crippen LogP contribution < -0.4 is 14.8 Å². The highest BCUT2D eigenvalue weighted by atomic mass is 16.5. The van der Waals surface area contributed by atoms with Gasteiger partial charge in [0.1, 0.15) is 11.5 Å². The number of hydrogen-bond acceptors (Lipinski definition) is 3. The lowest BCUT2D eigenvalue weighted by molar-refractivity contribution is -0.127. The van der Waals surface area contributed by atoms with Crippen molar-refractivity contribution in [1.82, 2.24) is 5.32 Å². The number of ether oxygens (including phenoxy) is 2. The normalized spacial score (nSPS) is 13.0. The lowest BCUT2D eigenvalue weighted by atomic mass is 10.0. The van der Waals surface area contributed by atoms with Gasteiger partial charge >= 0.3 is 0 Å². The highest BCUT2D eigenvalue weighted by molar-refractivity contribution is 5.81. The summed E-state index contributed by atoms with van der Waals surface area (Å²) in [6.07, 6.45) is -0.577. The number of rotatable bonds is 6. The largest absolute Gasteiger partial charge is 0.497 e.